The average molecular weight is 416 g/mol. The van der Waals surface area contributed by atoms with Gasteiger partial charge < -0.3 is 9.32 Å². The van der Waals surface area contributed by atoms with Crippen LogP contribution in [0.3, 0.4) is 0 Å². The van der Waals surface area contributed by atoms with Crippen molar-refractivity contribution in [3.05, 3.63) is 65.4 Å². The SMILES string of the molecule is CCc1oc2ccccc2c1CN(C)C(=O)c1cccc(S(=O)(=O)N(C)OC)c1. The molecule has 0 atom stereocenters. The first-order valence-corrected chi connectivity index (χ1v) is 10.6. The van der Waals surface area contributed by atoms with E-state index in [2.05, 4.69) is 0 Å². The zero-order chi connectivity index (χ0) is 21.2. The fourth-order valence-electron chi connectivity index (χ4n) is 3.17. The highest BCUT2D eigenvalue weighted by molar-refractivity contribution is 7.89. The fourth-order valence-corrected chi connectivity index (χ4v) is 4.19. The number of sulfonamides is 1. The van der Waals surface area contributed by atoms with Crippen LogP contribution in [0.5, 0.6) is 0 Å². The summed E-state index contributed by atoms with van der Waals surface area (Å²) < 4.78 is 31.6. The number of hydrogen-bond acceptors (Lipinski definition) is 5. The van der Waals surface area contributed by atoms with Crippen molar-refractivity contribution < 1.29 is 22.5 Å². The molecule has 1 heterocycles. The lowest BCUT2D eigenvalue weighted by atomic mass is 10.1. The number of nitrogens with zero attached hydrogens (tertiary/aromatic N) is 2. The minimum absolute atomic E-state index is 0.0101. The fraction of sp³-hybridized carbons (Fsp3) is 0.286. The summed E-state index contributed by atoms with van der Waals surface area (Å²) in [5, 5.41) is 0.974. The monoisotopic (exact) mass is 416 g/mol. The van der Waals surface area contributed by atoms with Gasteiger partial charge in [-0.1, -0.05) is 35.7 Å². The van der Waals surface area contributed by atoms with Gasteiger partial charge >= 0.3 is 0 Å². The van der Waals surface area contributed by atoms with Crippen molar-refractivity contribution in [2.75, 3.05) is 21.2 Å². The molecule has 3 rings (SSSR count). The van der Waals surface area contributed by atoms with E-state index in [-0.39, 0.29) is 16.4 Å². The van der Waals surface area contributed by atoms with Gasteiger partial charge in [-0.25, -0.2) is 8.42 Å². The van der Waals surface area contributed by atoms with Crippen LogP contribution in [0.25, 0.3) is 11.0 Å². The van der Waals surface area contributed by atoms with E-state index < -0.39 is 10.0 Å². The van der Waals surface area contributed by atoms with E-state index >= 15 is 0 Å². The normalized spacial score (nSPS) is 11.9. The molecule has 0 spiro atoms. The second kappa shape index (κ2) is 8.36. The molecule has 29 heavy (non-hydrogen) atoms. The van der Waals surface area contributed by atoms with E-state index in [1.807, 2.05) is 31.2 Å². The Balaban J connectivity index is 1.90. The zero-order valence-corrected chi connectivity index (χ0v) is 17.7. The topological polar surface area (TPSA) is 80.1 Å². The molecule has 0 fully saturated rings. The van der Waals surface area contributed by atoms with Crippen LogP contribution in [0.2, 0.25) is 0 Å². The van der Waals surface area contributed by atoms with Gasteiger partial charge in [0.1, 0.15) is 11.3 Å². The maximum absolute atomic E-state index is 13.0. The lowest BCUT2D eigenvalue weighted by molar-refractivity contribution is -0.0258. The molecule has 0 aliphatic heterocycles. The van der Waals surface area contributed by atoms with Gasteiger partial charge in [0.05, 0.1) is 12.0 Å². The van der Waals surface area contributed by atoms with Gasteiger partial charge in [0, 0.05) is 43.6 Å². The van der Waals surface area contributed by atoms with Gasteiger partial charge in [0.2, 0.25) is 0 Å². The van der Waals surface area contributed by atoms with E-state index in [0.717, 1.165) is 26.8 Å². The number of carbonyl (C=O) groups is 1. The van der Waals surface area contributed by atoms with Crippen LogP contribution in [0, 0.1) is 0 Å². The van der Waals surface area contributed by atoms with Gasteiger partial charge in [0.15, 0.2) is 0 Å². The van der Waals surface area contributed by atoms with E-state index in [0.29, 0.717) is 13.0 Å². The highest BCUT2D eigenvalue weighted by Gasteiger charge is 2.23. The Labute approximate surface area is 170 Å². The summed E-state index contributed by atoms with van der Waals surface area (Å²) >= 11 is 0. The van der Waals surface area contributed by atoms with Crippen LogP contribution < -0.4 is 0 Å². The molecular formula is C21H24N2O5S. The molecule has 7 nitrogen and oxygen atoms in total. The van der Waals surface area contributed by atoms with Gasteiger partial charge in [-0.15, -0.1) is 0 Å². The average Bonchev–Trinajstić information content (AvgIpc) is 3.10. The number of furan rings is 1. The lowest BCUT2D eigenvalue weighted by Crippen LogP contribution is -2.28. The van der Waals surface area contributed by atoms with Crippen LogP contribution in [0.1, 0.15) is 28.6 Å². The molecule has 0 radical (unpaired) electrons. The van der Waals surface area contributed by atoms with Crippen LogP contribution in [-0.4, -0.2) is 44.9 Å². The Morgan fingerprint density at radius 2 is 1.83 bits per heavy atom. The first-order chi connectivity index (χ1) is 13.8. The second-order valence-electron chi connectivity index (χ2n) is 6.64. The van der Waals surface area contributed by atoms with Gasteiger partial charge in [-0.3, -0.25) is 9.63 Å². The molecule has 8 heteroatoms. The maximum Gasteiger partial charge on any atom is 0.264 e. The highest BCUT2D eigenvalue weighted by atomic mass is 32.2. The summed E-state index contributed by atoms with van der Waals surface area (Å²) in [7, 11) is 0.414. The molecule has 2 aromatic carbocycles. The minimum atomic E-state index is -3.83. The lowest BCUT2D eigenvalue weighted by Gasteiger charge is -2.19. The molecule has 0 aliphatic rings. The van der Waals surface area contributed by atoms with Crippen LogP contribution in [-0.2, 0) is 27.8 Å². The molecule has 1 amide bonds. The third-order valence-electron chi connectivity index (χ3n) is 4.82. The number of rotatable bonds is 7. The van der Waals surface area contributed by atoms with Crippen molar-refractivity contribution in [2.45, 2.75) is 24.8 Å². The summed E-state index contributed by atoms with van der Waals surface area (Å²) in [6.07, 6.45) is 0.711. The van der Waals surface area contributed by atoms with E-state index in [4.69, 9.17) is 9.25 Å². The quantitative estimate of drug-likeness (QED) is 0.551. The van der Waals surface area contributed by atoms with Crippen LogP contribution in [0.15, 0.2) is 57.8 Å². The van der Waals surface area contributed by atoms with E-state index in [9.17, 15) is 13.2 Å². The molecule has 0 N–H and O–H groups in total. The molecule has 3 aromatic rings. The number of amides is 1. The van der Waals surface area contributed by atoms with E-state index in [1.54, 1.807) is 24.1 Å². The van der Waals surface area contributed by atoms with Crippen LogP contribution in [0.4, 0.5) is 0 Å². The van der Waals surface area contributed by atoms with Crippen molar-refractivity contribution in [3.63, 3.8) is 0 Å². The molecule has 0 saturated carbocycles. The van der Waals surface area contributed by atoms with Crippen molar-refractivity contribution in [1.82, 2.24) is 9.37 Å². The molecule has 1 aromatic heterocycles. The van der Waals surface area contributed by atoms with Gasteiger partial charge in [-0.2, -0.15) is 0 Å². The first kappa shape index (κ1) is 21.0. The standard InChI is InChI=1S/C21H24N2O5S/c1-5-19-18(17-11-6-7-12-20(17)28-19)14-22(2)21(24)15-9-8-10-16(13-15)29(25,26)23(3)27-4/h6-13H,5,14H2,1-4H3. The number of aryl methyl sites for hydroxylation is 1. The summed E-state index contributed by atoms with van der Waals surface area (Å²) in [4.78, 5) is 19.3. The summed E-state index contributed by atoms with van der Waals surface area (Å²) in [6.45, 7) is 2.36. The Kier molecular flexibility index (Phi) is 6.07. The van der Waals surface area contributed by atoms with Gasteiger partial charge in [0.25, 0.3) is 15.9 Å². The predicted octanol–water partition coefficient (Wildman–Crippen LogP) is 3.45. The summed E-state index contributed by atoms with van der Waals surface area (Å²) in [6, 6.07) is 13.6. The Morgan fingerprint density at radius 3 is 2.52 bits per heavy atom. The molecule has 0 unspecified atom stereocenters. The molecule has 0 bridgehead atoms. The largest absolute Gasteiger partial charge is 0.461 e. The second-order valence-corrected chi connectivity index (χ2v) is 8.58. The minimum Gasteiger partial charge on any atom is -0.461 e. The number of carbonyl (C=O) groups excluding carboxylic acids is 1. The third-order valence-corrected chi connectivity index (χ3v) is 6.50. The number of hydroxylamine groups is 1. The number of para-hydroxylation sites is 1. The highest BCUT2D eigenvalue weighted by Crippen LogP contribution is 2.28. The smallest absolute Gasteiger partial charge is 0.264 e. The Hall–Kier alpha value is -2.68. The van der Waals surface area contributed by atoms with Gasteiger partial charge in [-0.05, 0) is 24.3 Å². The maximum atomic E-state index is 13.0. The van der Waals surface area contributed by atoms with Crippen molar-refractivity contribution in [1.29, 1.82) is 0 Å². The van der Waals surface area contributed by atoms with Crippen LogP contribution >= 0.6 is 0 Å². The zero-order valence-electron chi connectivity index (χ0n) is 16.9. The first-order valence-electron chi connectivity index (χ1n) is 9.17. The number of hydrogen-bond donors (Lipinski definition) is 0. The molecule has 0 aliphatic carbocycles. The van der Waals surface area contributed by atoms with E-state index in [1.165, 1.54) is 26.3 Å². The van der Waals surface area contributed by atoms with Crippen molar-refractivity contribution in [2.24, 2.45) is 0 Å². The summed E-state index contributed by atoms with van der Waals surface area (Å²) in [5.41, 5.74) is 2.03. The molecule has 154 valence electrons. The summed E-state index contributed by atoms with van der Waals surface area (Å²) in [5.74, 6) is 0.554. The number of fused-ring (bicyclic) bond motifs is 1. The van der Waals surface area contributed by atoms with Crippen molar-refractivity contribution in [3.8, 4) is 0 Å². The molecular weight excluding hydrogens is 392 g/mol. The third kappa shape index (κ3) is 4.05. The Morgan fingerprint density at radius 1 is 1.10 bits per heavy atom. The molecule has 0 saturated heterocycles. The predicted molar refractivity (Wildman–Crippen MR) is 110 cm³/mol. The van der Waals surface area contributed by atoms with Crippen molar-refractivity contribution >= 4 is 26.9 Å². The number of benzene rings is 2. The Bertz CT molecular complexity index is 1140.